The largest absolute Gasteiger partial charge is 0.371 e. The van der Waals surface area contributed by atoms with Gasteiger partial charge in [-0.15, -0.1) is 5.06 Å². The van der Waals surface area contributed by atoms with Gasteiger partial charge in [0.2, 0.25) is 0 Å². The van der Waals surface area contributed by atoms with Gasteiger partial charge in [0, 0.05) is 13.1 Å². The average molecular weight is 143 g/mol. The number of hydroxylamine groups is 2. The van der Waals surface area contributed by atoms with Gasteiger partial charge in [-0.05, 0) is 18.8 Å². The molecule has 0 aromatic carbocycles. The van der Waals surface area contributed by atoms with Crippen LogP contribution in [0.2, 0.25) is 0 Å². The molecule has 0 bridgehead atoms. The molecule has 0 saturated carbocycles. The molecule has 0 aliphatic carbocycles. The SMILES string of the molecule is CC1CCCN(OC=O)C1. The first-order chi connectivity index (χ1) is 4.83. The highest BCUT2D eigenvalue weighted by Gasteiger charge is 2.16. The van der Waals surface area contributed by atoms with Crippen LogP contribution in [0.4, 0.5) is 0 Å². The maximum atomic E-state index is 9.92. The molecule has 58 valence electrons. The summed E-state index contributed by atoms with van der Waals surface area (Å²) in [6, 6.07) is 0. The van der Waals surface area contributed by atoms with Gasteiger partial charge in [-0.25, -0.2) is 0 Å². The molecule has 1 rings (SSSR count). The second kappa shape index (κ2) is 3.56. The summed E-state index contributed by atoms with van der Waals surface area (Å²) in [5.74, 6) is 0.661. The molecule has 0 amide bonds. The van der Waals surface area contributed by atoms with Gasteiger partial charge < -0.3 is 4.84 Å². The predicted octanol–water partition coefficient (Wildman–Crippen LogP) is 0.806. The van der Waals surface area contributed by atoms with Crippen LogP contribution in [0.1, 0.15) is 19.8 Å². The molecule has 10 heavy (non-hydrogen) atoms. The third-order valence-electron chi connectivity index (χ3n) is 1.81. The molecule has 3 heteroatoms. The summed E-state index contributed by atoms with van der Waals surface area (Å²) in [7, 11) is 0. The van der Waals surface area contributed by atoms with E-state index < -0.39 is 0 Å². The first kappa shape index (κ1) is 7.54. The summed E-state index contributed by atoms with van der Waals surface area (Å²) in [5.41, 5.74) is 0. The Morgan fingerprint density at radius 1 is 1.70 bits per heavy atom. The van der Waals surface area contributed by atoms with Gasteiger partial charge in [0.15, 0.2) is 0 Å². The highest BCUT2D eigenvalue weighted by molar-refractivity contribution is 5.36. The van der Waals surface area contributed by atoms with Gasteiger partial charge >= 0.3 is 6.47 Å². The van der Waals surface area contributed by atoms with Crippen molar-refractivity contribution in [1.82, 2.24) is 5.06 Å². The fraction of sp³-hybridized carbons (Fsp3) is 0.857. The molecular weight excluding hydrogens is 130 g/mol. The van der Waals surface area contributed by atoms with Crippen molar-refractivity contribution in [2.45, 2.75) is 19.8 Å². The molecule has 0 aromatic heterocycles. The van der Waals surface area contributed by atoms with Gasteiger partial charge in [-0.3, -0.25) is 4.79 Å². The zero-order valence-corrected chi connectivity index (χ0v) is 6.25. The Hall–Kier alpha value is -0.570. The summed E-state index contributed by atoms with van der Waals surface area (Å²) in [4.78, 5) is 14.6. The normalized spacial score (nSPS) is 27.9. The molecule has 1 unspecified atom stereocenters. The number of hydrogen-bond donors (Lipinski definition) is 0. The van der Waals surface area contributed by atoms with E-state index in [4.69, 9.17) is 4.84 Å². The van der Waals surface area contributed by atoms with Crippen molar-refractivity contribution in [2.24, 2.45) is 5.92 Å². The Bertz CT molecular complexity index is 116. The van der Waals surface area contributed by atoms with E-state index in [0.717, 1.165) is 19.5 Å². The summed E-state index contributed by atoms with van der Waals surface area (Å²) >= 11 is 0. The van der Waals surface area contributed by atoms with Crippen molar-refractivity contribution >= 4 is 6.47 Å². The Kier molecular flexibility index (Phi) is 2.68. The fourth-order valence-electron chi connectivity index (χ4n) is 1.30. The lowest BCUT2D eigenvalue weighted by Crippen LogP contribution is -2.33. The molecule has 0 spiro atoms. The number of hydrogen-bond acceptors (Lipinski definition) is 3. The monoisotopic (exact) mass is 143 g/mol. The molecule has 3 nitrogen and oxygen atoms in total. The van der Waals surface area contributed by atoms with Crippen molar-refractivity contribution in [3.05, 3.63) is 0 Å². The molecule has 0 N–H and O–H groups in total. The van der Waals surface area contributed by atoms with E-state index in [1.807, 2.05) is 0 Å². The zero-order chi connectivity index (χ0) is 7.40. The van der Waals surface area contributed by atoms with E-state index in [1.165, 1.54) is 6.42 Å². The standard InChI is InChI=1S/C7H13NO2/c1-7-3-2-4-8(5-7)10-6-9/h6-7H,2-5H2,1H3. The Labute approximate surface area is 60.9 Å². The number of carbonyl (C=O) groups excluding carboxylic acids is 1. The van der Waals surface area contributed by atoms with Crippen LogP contribution in [-0.2, 0) is 9.63 Å². The number of piperidine rings is 1. The Balaban J connectivity index is 2.24. The topological polar surface area (TPSA) is 29.5 Å². The highest BCUT2D eigenvalue weighted by atomic mass is 16.7. The predicted molar refractivity (Wildman–Crippen MR) is 37.1 cm³/mol. The minimum Gasteiger partial charge on any atom is -0.371 e. The van der Waals surface area contributed by atoms with E-state index in [1.54, 1.807) is 5.06 Å². The third kappa shape index (κ3) is 1.99. The Morgan fingerprint density at radius 3 is 3.10 bits per heavy atom. The Morgan fingerprint density at radius 2 is 2.50 bits per heavy atom. The molecule has 1 saturated heterocycles. The molecule has 1 aliphatic rings. The van der Waals surface area contributed by atoms with Crippen molar-refractivity contribution in [1.29, 1.82) is 0 Å². The van der Waals surface area contributed by atoms with E-state index in [2.05, 4.69) is 6.92 Å². The van der Waals surface area contributed by atoms with Crippen LogP contribution in [0.15, 0.2) is 0 Å². The maximum absolute atomic E-state index is 9.92. The average Bonchev–Trinajstić information content (AvgIpc) is 1.88. The smallest absolute Gasteiger partial charge is 0.312 e. The lowest BCUT2D eigenvalue weighted by Gasteiger charge is -2.27. The molecule has 1 heterocycles. The number of nitrogens with zero attached hydrogens (tertiary/aromatic N) is 1. The van der Waals surface area contributed by atoms with Gasteiger partial charge in [-0.2, -0.15) is 0 Å². The van der Waals surface area contributed by atoms with Gasteiger partial charge in [0.1, 0.15) is 0 Å². The van der Waals surface area contributed by atoms with Crippen LogP contribution in [-0.4, -0.2) is 24.6 Å². The third-order valence-corrected chi connectivity index (χ3v) is 1.81. The van der Waals surface area contributed by atoms with Gasteiger partial charge in [0.05, 0.1) is 0 Å². The van der Waals surface area contributed by atoms with Crippen molar-refractivity contribution in [3.8, 4) is 0 Å². The van der Waals surface area contributed by atoms with E-state index in [9.17, 15) is 4.79 Å². The van der Waals surface area contributed by atoms with Gasteiger partial charge in [-0.1, -0.05) is 6.92 Å². The zero-order valence-electron chi connectivity index (χ0n) is 6.25. The van der Waals surface area contributed by atoms with Crippen LogP contribution in [0.3, 0.4) is 0 Å². The quantitative estimate of drug-likeness (QED) is 0.536. The molecule has 1 aliphatic heterocycles. The minimum atomic E-state index is 0.498. The fourth-order valence-corrected chi connectivity index (χ4v) is 1.30. The number of carbonyl (C=O) groups is 1. The molecule has 1 atom stereocenters. The van der Waals surface area contributed by atoms with Crippen molar-refractivity contribution in [3.63, 3.8) is 0 Å². The van der Waals surface area contributed by atoms with Crippen molar-refractivity contribution in [2.75, 3.05) is 13.1 Å². The molecule has 1 fully saturated rings. The lowest BCUT2D eigenvalue weighted by atomic mass is 10.0. The van der Waals surface area contributed by atoms with E-state index in [-0.39, 0.29) is 0 Å². The summed E-state index contributed by atoms with van der Waals surface area (Å²) in [5, 5.41) is 1.72. The van der Waals surface area contributed by atoms with Gasteiger partial charge in [0.25, 0.3) is 0 Å². The second-order valence-corrected chi connectivity index (χ2v) is 2.84. The van der Waals surface area contributed by atoms with Crippen LogP contribution >= 0.6 is 0 Å². The van der Waals surface area contributed by atoms with Crippen LogP contribution < -0.4 is 0 Å². The lowest BCUT2D eigenvalue weighted by molar-refractivity contribution is -0.181. The number of rotatable bonds is 2. The van der Waals surface area contributed by atoms with Crippen LogP contribution in [0, 0.1) is 5.92 Å². The van der Waals surface area contributed by atoms with E-state index >= 15 is 0 Å². The second-order valence-electron chi connectivity index (χ2n) is 2.84. The highest BCUT2D eigenvalue weighted by Crippen LogP contribution is 2.14. The van der Waals surface area contributed by atoms with Crippen LogP contribution in [0.25, 0.3) is 0 Å². The molecular formula is C7H13NO2. The minimum absolute atomic E-state index is 0.498. The van der Waals surface area contributed by atoms with Crippen molar-refractivity contribution < 1.29 is 9.63 Å². The van der Waals surface area contributed by atoms with Crippen LogP contribution in [0.5, 0.6) is 0 Å². The first-order valence-corrected chi connectivity index (χ1v) is 3.68. The summed E-state index contributed by atoms with van der Waals surface area (Å²) in [6.45, 7) is 4.44. The molecule has 0 radical (unpaired) electrons. The summed E-state index contributed by atoms with van der Waals surface area (Å²) in [6.07, 6.45) is 2.38. The van der Waals surface area contributed by atoms with E-state index in [0.29, 0.717) is 12.4 Å². The maximum Gasteiger partial charge on any atom is 0.312 e. The first-order valence-electron chi connectivity index (χ1n) is 3.68. The molecule has 0 aromatic rings. The summed E-state index contributed by atoms with van der Waals surface area (Å²) < 4.78 is 0.